The lowest BCUT2D eigenvalue weighted by atomic mass is 9.94. The average Bonchev–Trinajstić information content (AvgIpc) is 3.07. The van der Waals surface area contributed by atoms with Crippen LogP contribution >= 0.6 is 0 Å². The maximum atomic E-state index is 13.0. The lowest BCUT2D eigenvalue weighted by molar-refractivity contribution is -0.283. The van der Waals surface area contributed by atoms with Gasteiger partial charge in [0, 0.05) is 18.1 Å². The Morgan fingerprint density at radius 2 is 1.43 bits per heavy atom. The second-order valence-electron chi connectivity index (χ2n) is 9.12. The van der Waals surface area contributed by atoms with Gasteiger partial charge in [0.15, 0.2) is 12.4 Å². The van der Waals surface area contributed by atoms with Crippen LogP contribution in [0.5, 0.6) is 0 Å². The van der Waals surface area contributed by atoms with Crippen molar-refractivity contribution in [2.24, 2.45) is 0 Å². The monoisotopic (exact) mass is 509 g/mol. The van der Waals surface area contributed by atoms with Crippen molar-refractivity contribution in [1.82, 2.24) is 4.90 Å². The molecule has 196 valence electrons. The number of hydrogen-bond acceptors (Lipinski definition) is 8. The zero-order valence-corrected chi connectivity index (χ0v) is 21.0. The first-order chi connectivity index (χ1) is 17.8. The van der Waals surface area contributed by atoms with E-state index in [4.69, 9.17) is 18.9 Å². The highest BCUT2D eigenvalue weighted by Gasteiger charge is 2.54. The SMILES string of the molecule is CC(=O)O[C@H]1[C@H](OCc2ccccc2)[C@@H](N2C(=O)C(C)=C(C)C2=O)[C@H](O)O[C@@H]1COCc1ccccc1. The Morgan fingerprint density at radius 3 is 1.97 bits per heavy atom. The molecule has 1 saturated heterocycles. The molecule has 4 rings (SSSR count). The number of imide groups is 1. The number of rotatable bonds is 9. The molecule has 0 saturated carbocycles. The van der Waals surface area contributed by atoms with Gasteiger partial charge < -0.3 is 24.1 Å². The first kappa shape index (κ1) is 26.7. The van der Waals surface area contributed by atoms with Gasteiger partial charge in [0.2, 0.25) is 0 Å². The first-order valence-electron chi connectivity index (χ1n) is 12.1. The van der Waals surface area contributed by atoms with Crippen LogP contribution in [0.3, 0.4) is 0 Å². The summed E-state index contributed by atoms with van der Waals surface area (Å²) in [7, 11) is 0. The van der Waals surface area contributed by atoms with Gasteiger partial charge in [0.1, 0.15) is 18.2 Å². The topological polar surface area (TPSA) is 112 Å². The molecule has 1 N–H and O–H groups in total. The summed E-state index contributed by atoms with van der Waals surface area (Å²) in [4.78, 5) is 39.1. The summed E-state index contributed by atoms with van der Waals surface area (Å²) >= 11 is 0. The normalized spacial score (nSPS) is 26.1. The molecule has 0 bridgehead atoms. The molecular formula is C28H31NO8. The fourth-order valence-electron chi connectivity index (χ4n) is 4.52. The first-order valence-corrected chi connectivity index (χ1v) is 12.1. The number of esters is 1. The smallest absolute Gasteiger partial charge is 0.303 e. The van der Waals surface area contributed by atoms with E-state index in [1.54, 1.807) is 13.8 Å². The maximum absolute atomic E-state index is 13.0. The molecule has 5 atom stereocenters. The molecular weight excluding hydrogens is 478 g/mol. The van der Waals surface area contributed by atoms with E-state index in [9.17, 15) is 19.5 Å². The summed E-state index contributed by atoms with van der Waals surface area (Å²) in [5.74, 6) is -1.71. The molecule has 1 fully saturated rings. The van der Waals surface area contributed by atoms with Crippen LogP contribution in [0.4, 0.5) is 0 Å². The summed E-state index contributed by atoms with van der Waals surface area (Å²) in [5.41, 5.74) is 2.31. The lowest BCUT2D eigenvalue weighted by Crippen LogP contribution is -2.67. The van der Waals surface area contributed by atoms with Gasteiger partial charge in [-0.25, -0.2) is 0 Å². The van der Waals surface area contributed by atoms with Crippen LogP contribution in [0, 0.1) is 0 Å². The minimum Gasteiger partial charge on any atom is -0.457 e. The molecule has 2 aromatic carbocycles. The Bertz CT molecular complexity index is 1130. The number of nitrogens with zero attached hydrogens (tertiary/aromatic N) is 1. The molecule has 2 heterocycles. The standard InChI is InChI=1S/C28H31NO8/c1-17-18(2)27(32)29(26(17)31)23-25(35-15-21-12-8-5-9-13-21)24(36-19(3)30)22(37-28(23)33)16-34-14-20-10-6-4-7-11-20/h4-13,22-25,28,33H,14-16H2,1-3H3/t22-,23-,24-,25-,28-/m1/s1. The Balaban J connectivity index is 1.61. The van der Waals surface area contributed by atoms with E-state index in [1.807, 2.05) is 60.7 Å². The van der Waals surface area contributed by atoms with E-state index in [0.717, 1.165) is 16.0 Å². The third-order valence-corrected chi connectivity index (χ3v) is 6.55. The highest BCUT2D eigenvalue weighted by Crippen LogP contribution is 2.34. The second-order valence-corrected chi connectivity index (χ2v) is 9.12. The Labute approximate surface area is 215 Å². The van der Waals surface area contributed by atoms with Crippen LogP contribution in [-0.2, 0) is 46.5 Å². The van der Waals surface area contributed by atoms with Crippen molar-refractivity contribution >= 4 is 17.8 Å². The van der Waals surface area contributed by atoms with Crippen LogP contribution in [0.15, 0.2) is 71.8 Å². The molecule has 2 aliphatic heterocycles. The summed E-state index contributed by atoms with van der Waals surface area (Å²) in [6, 6.07) is 17.5. The van der Waals surface area contributed by atoms with Gasteiger partial charge in [0.05, 0.1) is 19.8 Å². The number of aliphatic hydroxyl groups excluding tert-OH is 1. The van der Waals surface area contributed by atoms with Crippen LogP contribution in [0.1, 0.15) is 31.9 Å². The molecule has 0 aliphatic carbocycles. The predicted octanol–water partition coefficient (Wildman–Crippen LogP) is 2.51. The zero-order valence-electron chi connectivity index (χ0n) is 21.0. The lowest BCUT2D eigenvalue weighted by Gasteiger charge is -2.46. The molecule has 0 unspecified atom stereocenters. The Morgan fingerprint density at radius 1 is 0.892 bits per heavy atom. The molecule has 2 aliphatic rings. The van der Waals surface area contributed by atoms with Crippen molar-refractivity contribution in [1.29, 1.82) is 0 Å². The number of hydrogen-bond donors (Lipinski definition) is 1. The van der Waals surface area contributed by atoms with E-state index >= 15 is 0 Å². The van der Waals surface area contributed by atoms with Gasteiger partial charge in [0.25, 0.3) is 11.8 Å². The predicted molar refractivity (Wildman–Crippen MR) is 132 cm³/mol. The van der Waals surface area contributed by atoms with Crippen LogP contribution in [0.2, 0.25) is 0 Å². The number of benzene rings is 2. The van der Waals surface area contributed by atoms with E-state index in [1.165, 1.54) is 6.92 Å². The van der Waals surface area contributed by atoms with Crippen molar-refractivity contribution in [3.8, 4) is 0 Å². The van der Waals surface area contributed by atoms with Gasteiger partial charge in [-0.05, 0) is 25.0 Å². The fourth-order valence-corrected chi connectivity index (χ4v) is 4.52. The van der Waals surface area contributed by atoms with Crippen LogP contribution < -0.4 is 0 Å². The van der Waals surface area contributed by atoms with E-state index < -0.39 is 48.4 Å². The third-order valence-electron chi connectivity index (χ3n) is 6.55. The van der Waals surface area contributed by atoms with Crippen LogP contribution in [0.25, 0.3) is 0 Å². The molecule has 37 heavy (non-hydrogen) atoms. The van der Waals surface area contributed by atoms with Crippen molar-refractivity contribution in [2.75, 3.05) is 6.61 Å². The maximum Gasteiger partial charge on any atom is 0.303 e. The third kappa shape index (κ3) is 5.97. The Hall–Kier alpha value is -3.37. The fraction of sp³-hybridized carbons (Fsp3) is 0.393. The number of ether oxygens (including phenoxy) is 4. The van der Waals surface area contributed by atoms with E-state index in [2.05, 4.69) is 0 Å². The molecule has 2 aromatic rings. The van der Waals surface area contributed by atoms with Gasteiger partial charge in [-0.15, -0.1) is 0 Å². The largest absolute Gasteiger partial charge is 0.457 e. The van der Waals surface area contributed by atoms with Gasteiger partial charge in [-0.2, -0.15) is 0 Å². The number of aliphatic hydroxyl groups is 1. The summed E-state index contributed by atoms with van der Waals surface area (Å²) < 4.78 is 23.5. The highest BCUT2D eigenvalue weighted by atomic mass is 16.7. The minimum absolute atomic E-state index is 0.0278. The average molecular weight is 510 g/mol. The Kier molecular flexibility index (Phi) is 8.50. The molecule has 9 heteroatoms. The number of carbonyl (C=O) groups is 3. The summed E-state index contributed by atoms with van der Waals surface area (Å²) in [5, 5.41) is 11.1. The molecule has 9 nitrogen and oxygen atoms in total. The molecule has 2 amide bonds. The van der Waals surface area contributed by atoms with Gasteiger partial charge >= 0.3 is 5.97 Å². The van der Waals surface area contributed by atoms with Crippen molar-refractivity contribution < 1.29 is 38.4 Å². The minimum atomic E-state index is -1.59. The van der Waals surface area contributed by atoms with Crippen LogP contribution in [-0.4, -0.2) is 65.0 Å². The number of carbonyl (C=O) groups excluding carboxylic acids is 3. The molecule has 0 radical (unpaired) electrons. The molecule has 0 aromatic heterocycles. The summed E-state index contributed by atoms with van der Waals surface area (Å²) in [6.07, 6.45) is -4.65. The number of amides is 2. The van der Waals surface area contributed by atoms with Crippen molar-refractivity contribution in [2.45, 2.75) is 64.6 Å². The second kappa shape index (κ2) is 11.8. The van der Waals surface area contributed by atoms with Gasteiger partial charge in [-0.1, -0.05) is 60.7 Å². The van der Waals surface area contributed by atoms with E-state index in [-0.39, 0.29) is 31.0 Å². The van der Waals surface area contributed by atoms with Crippen molar-refractivity contribution in [3.05, 3.63) is 82.9 Å². The van der Waals surface area contributed by atoms with Gasteiger partial charge in [-0.3, -0.25) is 19.3 Å². The quantitative estimate of drug-likeness (QED) is 0.406. The van der Waals surface area contributed by atoms with Crippen molar-refractivity contribution in [3.63, 3.8) is 0 Å². The van der Waals surface area contributed by atoms with E-state index in [0.29, 0.717) is 0 Å². The zero-order chi connectivity index (χ0) is 26.5. The molecule has 0 spiro atoms. The summed E-state index contributed by atoms with van der Waals surface area (Å²) in [6.45, 7) is 4.68. The highest BCUT2D eigenvalue weighted by molar-refractivity contribution is 6.19.